The molecule has 1 aliphatic carbocycles. The van der Waals surface area contributed by atoms with Gasteiger partial charge in [0.15, 0.2) is 0 Å². The maximum Gasteiger partial charge on any atom is 0.101 e. The van der Waals surface area contributed by atoms with Crippen molar-refractivity contribution in [1.82, 2.24) is 0 Å². The molecule has 1 saturated carbocycles. The highest BCUT2D eigenvalue weighted by molar-refractivity contribution is 6.32. The molecule has 4 heteroatoms. The van der Waals surface area contributed by atoms with Gasteiger partial charge in [-0.3, -0.25) is 0 Å². The molecule has 0 aliphatic heterocycles. The lowest BCUT2D eigenvalue weighted by atomic mass is 9.91. The summed E-state index contributed by atoms with van der Waals surface area (Å²) in [6, 6.07) is 7.59. The molecule has 0 amide bonds. The predicted octanol–water partition coefficient (Wildman–Crippen LogP) is 2.95. The molecule has 2 rings (SSSR count). The average molecular weight is 265 g/mol. The van der Waals surface area contributed by atoms with Crippen LogP contribution in [0.15, 0.2) is 18.2 Å². The number of aliphatic hydroxyl groups excluding tert-OH is 1. The minimum atomic E-state index is -0.279. The minimum absolute atomic E-state index is 0.141. The number of nitriles is 1. The molecule has 1 aromatic rings. The summed E-state index contributed by atoms with van der Waals surface area (Å²) in [6.07, 6.45) is 3.82. The number of benzene rings is 1. The van der Waals surface area contributed by atoms with E-state index in [1.165, 1.54) is 0 Å². The van der Waals surface area contributed by atoms with Gasteiger partial charge in [-0.1, -0.05) is 24.4 Å². The molecule has 18 heavy (non-hydrogen) atoms. The smallest absolute Gasteiger partial charge is 0.101 e. The Morgan fingerprint density at radius 2 is 2.11 bits per heavy atom. The van der Waals surface area contributed by atoms with Crippen LogP contribution in [0.1, 0.15) is 31.2 Å². The number of hydrogen-bond donors (Lipinski definition) is 1. The average Bonchev–Trinajstić information content (AvgIpc) is 2.38. The Balaban J connectivity index is 2.20. The molecular weight excluding hydrogens is 248 g/mol. The van der Waals surface area contributed by atoms with Crippen LogP contribution in [0.4, 0.5) is 5.69 Å². The lowest BCUT2D eigenvalue weighted by Crippen LogP contribution is -2.43. The highest BCUT2D eigenvalue weighted by Gasteiger charge is 2.26. The molecule has 1 fully saturated rings. The van der Waals surface area contributed by atoms with E-state index in [1.807, 2.05) is 19.2 Å². The van der Waals surface area contributed by atoms with Crippen LogP contribution in [-0.4, -0.2) is 24.3 Å². The van der Waals surface area contributed by atoms with Gasteiger partial charge < -0.3 is 10.0 Å². The molecule has 0 saturated heterocycles. The Morgan fingerprint density at radius 3 is 2.72 bits per heavy atom. The Morgan fingerprint density at radius 1 is 1.39 bits per heavy atom. The molecule has 0 heterocycles. The van der Waals surface area contributed by atoms with E-state index in [0.717, 1.165) is 31.4 Å². The second-order valence-corrected chi connectivity index (χ2v) is 5.21. The summed E-state index contributed by atoms with van der Waals surface area (Å²) in [7, 11) is 1.97. The Bertz CT molecular complexity index is 469. The number of likely N-dealkylation sites (N-methyl/N-ethyl adjacent to an activating group) is 1. The summed E-state index contributed by atoms with van der Waals surface area (Å²) in [4.78, 5) is 2.07. The first-order chi connectivity index (χ1) is 8.63. The van der Waals surface area contributed by atoms with Gasteiger partial charge in [-0.2, -0.15) is 5.26 Å². The molecule has 1 N–H and O–H groups in total. The van der Waals surface area contributed by atoms with Crippen LogP contribution in [0.5, 0.6) is 0 Å². The summed E-state index contributed by atoms with van der Waals surface area (Å²) < 4.78 is 0. The SMILES string of the molecule is CN(c1ccc(C#N)c(Cl)c1)C1CCCCC1O. The zero-order chi connectivity index (χ0) is 13.1. The topological polar surface area (TPSA) is 47.3 Å². The van der Waals surface area contributed by atoms with Crippen molar-refractivity contribution in [2.75, 3.05) is 11.9 Å². The monoisotopic (exact) mass is 264 g/mol. The third-order valence-corrected chi connectivity index (χ3v) is 3.98. The molecule has 0 spiro atoms. The molecule has 0 bridgehead atoms. The Labute approximate surface area is 113 Å². The van der Waals surface area contributed by atoms with Crippen LogP contribution in [0.3, 0.4) is 0 Å². The lowest BCUT2D eigenvalue weighted by molar-refractivity contribution is 0.106. The second-order valence-electron chi connectivity index (χ2n) is 4.81. The van der Waals surface area contributed by atoms with Crippen molar-refractivity contribution in [2.24, 2.45) is 0 Å². The maximum absolute atomic E-state index is 10.0. The molecule has 2 atom stereocenters. The van der Waals surface area contributed by atoms with Crippen LogP contribution in [-0.2, 0) is 0 Å². The standard InChI is InChI=1S/C14H17ClN2O/c1-17(13-4-2-3-5-14(13)18)11-7-6-10(9-16)12(15)8-11/h6-8,13-14,18H,2-5H2,1H3. The number of rotatable bonds is 2. The molecule has 3 nitrogen and oxygen atoms in total. The zero-order valence-electron chi connectivity index (χ0n) is 10.4. The third-order valence-electron chi connectivity index (χ3n) is 3.67. The largest absolute Gasteiger partial charge is 0.391 e. The molecular formula is C14H17ClN2O. The summed E-state index contributed by atoms with van der Waals surface area (Å²) >= 11 is 6.04. The number of hydrogen-bond acceptors (Lipinski definition) is 3. The number of nitrogens with zero attached hydrogens (tertiary/aromatic N) is 2. The zero-order valence-corrected chi connectivity index (χ0v) is 11.2. The van der Waals surface area contributed by atoms with Crippen LogP contribution in [0.2, 0.25) is 5.02 Å². The van der Waals surface area contributed by atoms with E-state index in [9.17, 15) is 5.11 Å². The van der Waals surface area contributed by atoms with E-state index >= 15 is 0 Å². The van der Waals surface area contributed by atoms with Gasteiger partial charge in [-0.15, -0.1) is 0 Å². The van der Waals surface area contributed by atoms with Gasteiger partial charge in [-0.25, -0.2) is 0 Å². The van der Waals surface area contributed by atoms with Gasteiger partial charge in [0.05, 0.1) is 22.7 Å². The maximum atomic E-state index is 10.0. The highest BCUT2D eigenvalue weighted by atomic mass is 35.5. The first-order valence-corrected chi connectivity index (χ1v) is 6.62. The fourth-order valence-corrected chi connectivity index (χ4v) is 2.77. The van der Waals surface area contributed by atoms with Gasteiger partial charge in [0, 0.05) is 12.7 Å². The van der Waals surface area contributed by atoms with E-state index in [1.54, 1.807) is 12.1 Å². The molecule has 1 aromatic carbocycles. The highest BCUT2D eigenvalue weighted by Crippen LogP contribution is 2.29. The van der Waals surface area contributed by atoms with Crippen LogP contribution >= 0.6 is 11.6 Å². The Kier molecular flexibility index (Phi) is 4.11. The first-order valence-electron chi connectivity index (χ1n) is 6.24. The molecule has 2 unspecified atom stereocenters. The minimum Gasteiger partial charge on any atom is -0.391 e. The van der Waals surface area contributed by atoms with Gasteiger partial charge in [0.25, 0.3) is 0 Å². The summed E-state index contributed by atoms with van der Waals surface area (Å²) in [6.45, 7) is 0. The summed E-state index contributed by atoms with van der Waals surface area (Å²) in [5.41, 5.74) is 1.43. The molecule has 96 valence electrons. The quantitative estimate of drug-likeness (QED) is 0.893. The van der Waals surface area contributed by atoms with Gasteiger partial charge in [-0.05, 0) is 31.0 Å². The van der Waals surface area contributed by atoms with Crippen molar-refractivity contribution < 1.29 is 5.11 Å². The van der Waals surface area contributed by atoms with Crippen molar-refractivity contribution in [3.05, 3.63) is 28.8 Å². The van der Waals surface area contributed by atoms with Crippen LogP contribution < -0.4 is 4.90 Å². The summed E-state index contributed by atoms with van der Waals surface area (Å²) in [5, 5.41) is 19.4. The fraction of sp³-hybridized carbons (Fsp3) is 0.500. The van der Waals surface area contributed by atoms with E-state index in [0.29, 0.717) is 10.6 Å². The lowest BCUT2D eigenvalue weighted by Gasteiger charge is -2.36. The van der Waals surface area contributed by atoms with Crippen molar-refractivity contribution in [3.8, 4) is 6.07 Å². The molecule has 1 aliphatic rings. The normalized spacial score (nSPS) is 23.4. The fourth-order valence-electron chi connectivity index (χ4n) is 2.55. The van der Waals surface area contributed by atoms with Crippen molar-refractivity contribution >= 4 is 17.3 Å². The van der Waals surface area contributed by atoms with Crippen molar-refractivity contribution in [1.29, 1.82) is 5.26 Å². The molecule has 0 radical (unpaired) electrons. The van der Waals surface area contributed by atoms with Gasteiger partial charge in [0.2, 0.25) is 0 Å². The predicted molar refractivity (Wildman–Crippen MR) is 72.8 cm³/mol. The van der Waals surface area contributed by atoms with E-state index < -0.39 is 0 Å². The van der Waals surface area contributed by atoms with Crippen molar-refractivity contribution in [2.45, 2.75) is 37.8 Å². The van der Waals surface area contributed by atoms with E-state index in [2.05, 4.69) is 4.90 Å². The third kappa shape index (κ3) is 2.60. The number of halogens is 1. The number of aliphatic hydroxyl groups is 1. The van der Waals surface area contributed by atoms with Crippen LogP contribution in [0, 0.1) is 11.3 Å². The summed E-state index contributed by atoms with van der Waals surface area (Å²) in [5.74, 6) is 0. The Hall–Kier alpha value is -1.24. The van der Waals surface area contributed by atoms with E-state index in [-0.39, 0.29) is 12.1 Å². The molecule has 0 aromatic heterocycles. The van der Waals surface area contributed by atoms with Crippen molar-refractivity contribution in [3.63, 3.8) is 0 Å². The second kappa shape index (κ2) is 5.60. The van der Waals surface area contributed by atoms with Crippen LogP contribution in [0.25, 0.3) is 0 Å². The first kappa shape index (κ1) is 13.2. The van der Waals surface area contributed by atoms with Gasteiger partial charge >= 0.3 is 0 Å². The van der Waals surface area contributed by atoms with Gasteiger partial charge in [0.1, 0.15) is 6.07 Å². The number of anilines is 1. The van der Waals surface area contributed by atoms with E-state index in [4.69, 9.17) is 16.9 Å².